The molecule has 0 radical (unpaired) electrons. The van der Waals surface area contributed by atoms with Crippen molar-refractivity contribution in [3.05, 3.63) is 0 Å². The van der Waals surface area contributed by atoms with Gasteiger partial charge in [-0.25, -0.2) is 0 Å². The Morgan fingerprint density at radius 1 is 1.09 bits per heavy atom. The van der Waals surface area contributed by atoms with E-state index in [1.54, 1.807) is 0 Å². The van der Waals surface area contributed by atoms with Gasteiger partial charge in [0.05, 0.1) is 26.3 Å². The summed E-state index contributed by atoms with van der Waals surface area (Å²) in [6.45, 7) is 1.78. The van der Waals surface area contributed by atoms with Crippen molar-refractivity contribution in [1.82, 2.24) is 0 Å². The minimum Gasteiger partial charge on any atom is -0.832 e. The molecule has 0 heterocycles. The van der Waals surface area contributed by atoms with Crippen LogP contribution in [0.3, 0.4) is 0 Å². The molecule has 0 aromatic carbocycles. The van der Waals surface area contributed by atoms with Gasteiger partial charge < -0.3 is 30.6 Å². The van der Waals surface area contributed by atoms with Gasteiger partial charge in [-0.05, 0) is 0 Å². The fraction of sp³-hybridized carbons (Fsp3) is 1.00. The number of hydrogen-bond acceptors (Lipinski definition) is 5. The molecule has 68 valence electrons. The molecule has 0 saturated carbocycles. The van der Waals surface area contributed by atoms with Crippen LogP contribution in [0.1, 0.15) is 0 Å². The standard InChI is InChI=1S/C4H11NO2.BH2O3/c6-3-1-5-2-4-7;2-1(3)4/h5-7H,1-4H2;2-3H/q;-1/p+1. The first-order valence-electron chi connectivity index (χ1n) is 3.20. The number of aliphatic hydroxyl groups is 2. The molecule has 6 nitrogen and oxygen atoms in total. The van der Waals surface area contributed by atoms with Crippen LogP contribution < -0.4 is 10.3 Å². The zero-order chi connectivity index (χ0) is 9.11. The summed E-state index contributed by atoms with van der Waals surface area (Å²) in [7, 11) is -2.42. The smallest absolute Gasteiger partial charge is 0.339 e. The summed E-state index contributed by atoms with van der Waals surface area (Å²) in [4.78, 5) is 0. The van der Waals surface area contributed by atoms with E-state index >= 15 is 0 Å². The van der Waals surface area contributed by atoms with Gasteiger partial charge in [0.25, 0.3) is 0 Å². The third-order valence-corrected chi connectivity index (χ3v) is 0.666. The molecule has 0 bridgehead atoms. The van der Waals surface area contributed by atoms with Crippen LogP contribution in [0.2, 0.25) is 0 Å². The largest absolute Gasteiger partial charge is 0.832 e. The maximum Gasteiger partial charge on any atom is 0.339 e. The lowest BCUT2D eigenvalue weighted by Gasteiger charge is -1.92. The van der Waals surface area contributed by atoms with Crippen LogP contribution in [0.25, 0.3) is 0 Å². The summed E-state index contributed by atoms with van der Waals surface area (Å²) < 4.78 is 0. The van der Waals surface area contributed by atoms with Crippen molar-refractivity contribution < 1.29 is 30.6 Å². The molecule has 0 spiro atoms. The Morgan fingerprint density at radius 3 is 1.55 bits per heavy atom. The predicted molar refractivity (Wildman–Crippen MR) is 36.0 cm³/mol. The van der Waals surface area contributed by atoms with Gasteiger partial charge in [0.2, 0.25) is 0 Å². The van der Waals surface area contributed by atoms with E-state index in [0.717, 1.165) is 0 Å². The molecule has 0 unspecified atom stereocenters. The van der Waals surface area contributed by atoms with Crippen LogP contribution in [0.5, 0.6) is 0 Å². The zero-order valence-electron chi connectivity index (χ0n) is 6.18. The summed E-state index contributed by atoms with van der Waals surface area (Å²) >= 11 is 0. The van der Waals surface area contributed by atoms with E-state index in [2.05, 4.69) is 0 Å². The molecule has 7 heteroatoms. The normalized spacial score (nSPS) is 8.45. The first-order valence-corrected chi connectivity index (χ1v) is 3.20. The lowest BCUT2D eigenvalue weighted by molar-refractivity contribution is -0.657. The van der Waals surface area contributed by atoms with Crippen LogP contribution in [0, 0.1) is 0 Å². The summed E-state index contributed by atoms with van der Waals surface area (Å²) in [6.07, 6.45) is 0. The Bertz CT molecular complexity index is 57.7. The molecule has 0 aromatic heterocycles. The van der Waals surface area contributed by atoms with E-state index in [0.29, 0.717) is 13.1 Å². The first-order chi connectivity index (χ1) is 5.15. The topological polar surface area (TPSA) is 121 Å². The van der Waals surface area contributed by atoms with Gasteiger partial charge in [-0.2, -0.15) is 0 Å². The van der Waals surface area contributed by atoms with Crippen LogP contribution in [0.4, 0.5) is 0 Å². The average molecular weight is 167 g/mol. The number of aliphatic hydroxyl groups excluding tert-OH is 2. The molecule has 0 fully saturated rings. The maximum absolute atomic E-state index is 8.64. The van der Waals surface area contributed by atoms with Gasteiger partial charge in [-0.1, -0.05) is 0 Å². The molecular formula is C4H14BNO5. The highest BCUT2D eigenvalue weighted by Crippen LogP contribution is 1.40. The third-order valence-electron chi connectivity index (χ3n) is 0.666. The van der Waals surface area contributed by atoms with Crippen LogP contribution in [0.15, 0.2) is 0 Å². The minimum absolute atomic E-state index is 0.194. The van der Waals surface area contributed by atoms with E-state index in [4.69, 9.17) is 25.3 Å². The second-order valence-corrected chi connectivity index (χ2v) is 1.64. The molecule has 0 aliphatic heterocycles. The fourth-order valence-electron chi connectivity index (χ4n) is 0.327. The molecule has 0 atom stereocenters. The zero-order valence-corrected chi connectivity index (χ0v) is 6.18. The van der Waals surface area contributed by atoms with Gasteiger partial charge >= 0.3 is 7.32 Å². The van der Waals surface area contributed by atoms with E-state index in [1.807, 2.05) is 5.32 Å². The van der Waals surface area contributed by atoms with Crippen molar-refractivity contribution >= 4 is 7.32 Å². The van der Waals surface area contributed by atoms with Gasteiger partial charge in [0.1, 0.15) is 0 Å². The fourth-order valence-corrected chi connectivity index (χ4v) is 0.327. The third kappa shape index (κ3) is 41.1. The van der Waals surface area contributed by atoms with Crippen molar-refractivity contribution in [2.24, 2.45) is 0 Å². The highest BCUT2D eigenvalue weighted by Gasteiger charge is 1.82. The molecule has 11 heavy (non-hydrogen) atoms. The van der Waals surface area contributed by atoms with Gasteiger partial charge in [-0.3, -0.25) is 0 Å². The monoisotopic (exact) mass is 167 g/mol. The Hall–Kier alpha value is -0.175. The van der Waals surface area contributed by atoms with Crippen molar-refractivity contribution in [3.8, 4) is 0 Å². The molecular weight excluding hydrogens is 153 g/mol. The summed E-state index contributed by atoms with van der Waals surface area (Å²) in [5, 5.41) is 41.0. The second kappa shape index (κ2) is 12.5. The van der Waals surface area contributed by atoms with Crippen LogP contribution in [-0.4, -0.2) is 53.9 Å². The molecule has 6 N–H and O–H groups in total. The predicted octanol–water partition coefficient (Wildman–Crippen LogP) is -5.15. The minimum atomic E-state index is -2.42. The van der Waals surface area contributed by atoms with Crippen molar-refractivity contribution in [1.29, 1.82) is 0 Å². The molecule has 0 aromatic rings. The quantitative estimate of drug-likeness (QED) is 0.212. The molecule has 0 saturated heterocycles. The number of rotatable bonds is 4. The second-order valence-electron chi connectivity index (χ2n) is 1.64. The Labute approximate surface area is 65.3 Å². The van der Waals surface area contributed by atoms with Crippen molar-refractivity contribution in [2.75, 3.05) is 26.3 Å². The average Bonchev–Trinajstić information content (AvgIpc) is 1.88. The van der Waals surface area contributed by atoms with Gasteiger partial charge in [-0.15, -0.1) is 0 Å². The van der Waals surface area contributed by atoms with Gasteiger partial charge in [0.15, 0.2) is 0 Å². The van der Waals surface area contributed by atoms with E-state index in [-0.39, 0.29) is 13.2 Å². The number of hydrogen-bond donors (Lipinski definition) is 5. The Morgan fingerprint density at radius 2 is 1.36 bits per heavy atom. The van der Waals surface area contributed by atoms with E-state index in [9.17, 15) is 0 Å². The Balaban J connectivity index is 0. The number of nitrogens with two attached hydrogens (primary N) is 1. The molecule has 0 rings (SSSR count). The summed E-state index contributed by atoms with van der Waals surface area (Å²) in [6, 6.07) is 0. The molecule has 0 amide bonds. The molecule has 0 aliphatic rings. The molecule has 0 aliphatic carbocycles. The van der Waals surface area contributed by atoms with Crippen molar-refractivity contribution in [3.63, 3.8) is 0 Å². The van der Waals surface area contributed by atoms with E-state index < -0.39 is 7.32 Å². The van der Waals surface area contributed by atoms with Crippen molar-refractivity contribution in [2.45, 2.75) is 0 Å². The Kier molecular flexibility index (Phi) is 15.2. The highest BCUT2D eigenvalue weighted by molar-refractivity contribution is 6.28. The summed E-state index contributed by atoms with van der Waals surface area (Å²) in [5.74, 6) is 0. The summed E-state index contributed by atoms with van der Waals surface area (Å²) in [5.41, 5.74) is 0. The first kappa shape index (κ1) is 13.4. The van der Waals surface area contributed by atoms with Gasteiger partial charge in [0, 0.05) is 0 Å². The number of quaternary nitrogens is 1. The van der Waals surface area contributed by atoms with Crippen LogP contribution in [-0.2, 0) is 0 Å². The van der Waals surface area contributed by atoms with E-state index in [1.165, 1.54) is 0 Å². The SMILES string of the molecule is OCC[NH2+]CCO.[O-]B(O)O. The highest BCUT2D eigenvalue weighted by atomic mass is 16.5. The van der Waals surface area contributed by atoms with Crippen LogP contribution >= 0.6 is 0 Å². The maximum atomic E-state index is 8.64. The lowest BCUT2D eigenvalue weighted by atomic mass is 10.3. The lowest BCUT2D eigenvalue weighted by Crippen LogP contribution is -2.85.